The second-order valence-electron chi connectivity index (χ2n) is 5.52. The van der Waals surface area contributed by atoms with Crippen LogP contribution in [-0.4, -0.2) is 47.0 Å². The number of likely N-dealkylation sites (tertiary alicyclic amines) is 1. The van der Waals surface area contributed by atoms with Crippen LogP contribution >= 0.6 is 11.8 Å². The number of thioether (sulfide) groups is 1. The smallest absolute Gasteiger partial charge is 0.240 e. The molecule has 0 aromatic heterocycles. The van der Waals surface area contributed by atoms with Crippen molar-refractivity contribution in [2.24, 2.45) is 0 Å². The van der Waals surface area contributed by atoms with Crippen molar-refractivity contribution >= 4 is 17.7 Å². The highest BCUT2D eigenvalue weighted by molar-refractivity contribution is 7.99. The van der Waals surface area contributed by atoms with Gasteiger partial charge in [-0.05, 0) is 31.9 Å². The van der Waals surface area contributed by atoms with Gasteiger partial charge in [0.05, 0.1) is 6.04 Å². The van der Waals surface area contributed by atoms with Crippen LogP contribution in [0, 0.1) is 0 Å². The van der Waals surface area contributed by atoms with Crippen LogP contribution in [-0.2, 0) is 4.79 Å². The van der Waals surface area contributed by atoms with Crippen LogP contribution in [0.2, 0.25) is 0 Å². The lowest BCUT2D eigenvalue weighted by Crippen LogP contribution is -2.44. The first kappa shape index (κ1) is 13.2. The van der Waals surface area contributed by atoms with Gasteiger partial charge in [0.2, 0.25) is 5.91 Å². The summed E-state index contributed by atoms with van der Waals surface area (Å²) >= 11 is 1.95. The van der Waals surface area contributed by atoms with Gasteiger partial charge in [0.15, 0.2) is 0 Å². The van der Waals surface area contributed by atoms with E-state index < -0.39 is 0 Å². The minimum Gasteiger partial charge on any atom is -0.338 e. The molecule has 1 saturated carbocycles. The maximum Gasteiger partial charge on any atom is 0.240 e. The van der Waals surface area contributed by atoms with Crippen molar-refractivity contribution in [3.05, 3.63) is 0 Å². The first-order valence-corrected chi connectivity index (χ1v) is 8.00. The summed E-state index contributed by atoms with van der Waals surface area (Å²) in [5.41, 5.74) is 0. The Morgan fingerprint density at radius 1 is 1.35 bits per heavy atom. The molecule has 4 heteroatoms. The number of nitrogens with zero attached hydrogens (tertiary/aromatic N) is 1. The van der Waals surface area contributed by atoms with E-state index in [1.54, 1.807) is 0 Å². The minimum atomic E-state index is 0.0725. The van der Waals surface area contributed by atoms with Crippen LogP contribution in [0.4, 0.5) is 0 Å². The van der Waals surface area contributed by atoms with E-state index >= 15 is 0 Å². The third kappa shape index (κ3) is 2.97. The average Bonchev–Trinajstić information content (AvgIpc) is 2.86. The lowest BCUT2D eigenvalue weighted by molar-refractivity contribution is -0.131. The quantitative estimate of drug-likeness (QED) is 0.833. The number of amides is 1. The van der Waals surface area contributed by atoms with E-state index in [0.717, 1.165) is 18.2 Å². The number of rotatable bonds is 4. The molecule has 98 valence electrons. The molecular formula is C13H24N2OS. The van der Waals surface area contributed by atoms with E-state index in [9.17, 15) is 4.79 Å². The van der Waals surface area contributed by atoms with Crippen molar-refractivity contribution in [1.82, 2.24) is 10.2 Å². The van der Waals surface area contributed by atoms with Gasteiger partial charge in [-0.3, -0.25) is 4.79 Å². The maximum atomic E-state index is 12.3. The van der Waals surface area contributed by atoms with Crippen molar-refractivity contribution in [2.45, 2.75) is 62.9 Å². The summed E-state index contributed by atoms with van der Waals surface area (Å²) in [5.74, 6) is 0.338. The van der Waals surface area contributed by atoms with Crippen molar-refractivity contribution in [2.75, 3.05) is 12.8 Å². The molecule has 1 aliphatic heterocycles. The summed E-state index contributed by atoms with van der Waals surface area (Å²) in [4.78, 5) is 14.4. The van der Waals surface area contributed by atoms with Gasteiger partial charge in [0.1, 0.15) is 0 Å². The van der Waals surface area contributed by atoms with Gasteiger partial charge in [0.25, 0.3) is 0 Å². The number of hydrogen-bond acceptors (Lipinski definition) is 3. The fraction of sp³-hybridized carbons (Fsp3) is 0.923. The van der Waals surface area contributed by atoms with Gasteiger partial charge in [-0.1, -0.05) is 13.8 Å². The fourth-order valence-electron chi connectivity index (χ4n) is 3.04. The highest BCUT2D eigenvalue weighted by Gasteiger charge is 2.38. The SMILES string of the molecule is CSC1CCC(N2CCC(NC(C)C)C2=O)C1. The third-order valence-electron chi connectivity index (χ3n) is 3.91. The van der Waals surface area contributed by atoms with Crippen LogP contribution in [0.3, 0.4) is 0 Å². The predicted molar refractivity (Wildman–Crippen MR) is 73.3 cm³/mol. The molecule has 1 saturated heterocycles. The summed E-state index contributed by atoms with van der Waals surface area (Å²) in [6.07, 6.45) is 6.84. The monoisotopic (exact) mass is 256 g/mol. The van der Waals surface area contributed by atoms with Gasteiger partial charge < -0.3 is 10.2 Å². The first-order chi connectivity index (χ1) is 8.11. The Bertz CT molecular complexity index is 283. The molecule has 3 nitrogen and oxygen atoms in total. The predicted octanol–water partition coefficient (Wildman–Crippen LogP) is 1.87. The highest BCUT2D eigenvalue weighted by atomic mass is 32.2. The third-order valence-corrected chi connectivity index (χ3v) is 5.00. The summed E-state index contributed by atoms with van der Waals surface area (Å²) in [7, 11) is 0. The molecule has 3 unspecified atom stereocenters. The van der Waals surface area contributed by atoms with Gasteiger partial charge in [0, 0.05) is 23.9 Å². The standard InChI is InChI=1S/C13H24N2OS/c1-9(2)14-12-6-7-15(13(12)16)10-4-5-11(8-10)17-3/h9-12,14H,4-8H2,1-3H3. The molecule has 0 radical (unpaired) electrons. The molecule has 0 spiro atoms. The van der Waals surface area contributed by atoms with Crippen molar-refractivity contribution in [3.63, 3.8) is 0 Å². The number of hydrogen-bond donors (Lipinski definition) is 1. The molecule has 2 aliphatic rings. The molecule has 0 bridgehead atoms. The Labute approximate surface area is 109 Å². The molecule has 0 aromatic carbocycles. The molecule has 17 heavy (non-hydrogen) atoms. The van der Waals surface area contributed by atoms with Gasteiger partial charge in [-0.25, -0.2) is 0 Å². The lowest BCUT2D eigenvalue weighted by Gasteiger charge is -2.25. The second kappa shape index (κ2) is 5.61. The number of nitrogens with one attached hydrogen (secondary N) is 1. The van der Waals surface area contributed by atoms with E-state index in [1.165, 1.54) is 19.3 Å². The Balaban J connectivity index is 1.89. The van der Waals surface area contributed by atoms with Gasteiger partial charge >= 0.3 is 0 Å². The molecule has 1 amide bonds. The zero-order valence-corrected chi connectivity index (χ0v) is 11.9. The molecular weight excluding hydrogens is 232 g/mol. The van der Waals surface area contributed by atoms with E-state index in [0.29, 0.717) is 18.0 Å². The minimum absolute atomic E-state index is 0.0725. The lowest BCUT2D eigenvalue weighted by atomic mass is 10.2. The van der Waals surface area contributed by atoms with Gasteiger partial charge in [-0.15, -0.1) is 0 Å². The summed E-state index contributed by atoms with van der Waals surface area (Å²) in [5, 5.41) is 4.14. The van der Waals surface area contributed by atoms with Crippen LogP contribution in [0.5, 0.6) is 0 Å². The molecule has 3 atom stereocenters. The molecule has 1 N–H and O–H groups in total. The Hall–Kier alpha value is -0.220. The van der Waals surface area contributed by atoms with Crippen LogP contribution in [0.1, 0.15) is 39.5 Å². The number of carbonyl (C=O) groups is 1. The Morgan fingerprint density at radius 2 is 2.12 bits per heavy atom. The van der Waals surface area contributed by atoms with E-state index in [2.05, 4.69) is 30.3 Å². The van der Waals surface area contributed by atoms with E-state index in [-0.39, 0.29) is 6.04 Å². The number of carbonyl (C=O) groups excluding carboxylic acids is 1. The topological polar surface area (TPSA) is 32.3 Å². The van der Waals surface area contributed by atoms with Crippen molar-refractivity contribution in [1.29, 1.82) is 0 Å². The first-order valence-electron chi connectivity index (χ1n) is 6.71. The van der Waals surface area contributed by atoms with Crippen LogP contribution in [0.15, 0.2) is 0 Å². The zero-order chi connectivity index (χ0) is 12.4. The van der Waals surface area contributed by atoms with Crippen molar-refractivity contribution in [3.8, 4) is 0 Å². The Kier molecular flexibility index (Phi) is 4.36. The van der Waals surface area contributed by atoms with Crippen LogP contribution < -0.4 is 5.32 Å². The summed E-state index contributed by atoms with van der Waals surface area (Å²) < 4.78 is 0. The molecule has 0 aromatic rings. The largest absolute Gasteiger partial charge is 0.338 e. The van der Waals surface area contributed by atoms with E-state index in [4.69, 9.17) is 0 Å². The summed E-state index contributed by atoms with van der Waals surface area (Å²) in [6.45, 7) is 5.17. The molecule has 1 aliphatic carbocycles. The Morgan fingerprint density at radius 3 is 2.71 bits per heavy atom. The normalized spacial score (nSPS) is 34.0. The molecule has 1 heterocycles. The van der Waals surface area contributed by atoms with Crippen molar-refractivity contribution < 1.29 is 4.79 Å². The molecule has 2 rings (SSSR count). The summed E-state index contributed by atoms with van der Waals surface area (Å²) in [6, 6.07) is 0.980. The van der Waals surface area contributed by atoms with Crippen LogP contribution in [0.25, 0.3) is 0 Å². The van der Waals surface area contributed by atoms with E-state index in [1.807, 2.05) is 11.8 Å². The fourth-order valence-corrected chi connectivity index (χ4v) is 3.82. The van der Waals surface area contributed by atoms with Gasteiger partial charge in [-0.2, -0.15) is 11.8 Å². The maximum absolute atomic E-state index is 12.3. The average molecular weight is 256 g/mol. The second-order valence-corrected chi connectivity index (χ2v) is 6.66. The zero-order valence-electron chi connectivity index (χ0n) is 11.1. The molecule has 2 fully saturated rings. The highest BCUT2D eigenvalue weighted by Crippen LogP contribution is 2.33.